The first kappa shape index (κ1) is 17.8. The van der Waals surface area contributed by atoms with Gasteiger partial charge in [-0.05, 0) is 24.3 Å². The number of hydrogen-bond donors (Lipinski definition) is 4. The molecule has 0 saturated heterocycles. The minimum Gasteiger partial charge on any atom is -0.493 e. The van der Waals surface area contributed by atoms with Gasteiger partial charge in [0.15, 0.2) is 5.57 Å². The van der Waals surface area contributed by atoms with Crippen molar-refractivity contribution in [2.75, 3.05) is 6.54 Å². The van der Waals surface area contributed by atoms with E-state index >= 15 is 0 Å². The van der Waals surface area contributed by atoms with Gasteiger partial charge >= 0.3 is 0 Å². The Morgan fingerprint density at radius 3 is 2.74 bits per heavy atom. The van der Waals surface area contributed by atoms with Crippen molar-refractivity contribution in [1.82, 2.24) is 26.1 Å². The normalized spacial score (nSPS) is 27.7. The molecule has 1 saturated carbocycles. The first-order valence-electron chi connectivity index (χ1n) is 9.36. The van der Waals surface area contributed by atoms with Crippen molar-refractivity contribution in [3.05, 3.63) is 23.4 Å². The number of hydrogen-bond acceptors (Lipinski definition) is 7. The fourth-order valence-corrected chi connectivity index (χ4v) is 3.43. The predicted molar refractivity (Wildman–Crippen MR) is 98.9 cm³/mol. The number of aliphatic hydroxyl groups is 1. The SMILES string of the molecule is CC(C)(C)CN1C(=O)C(C(=O)NC2CC2)=C(O)N2NC(C3CC=NN3)C=C12. The number of aliphatic hydroxyl groups excluding tert-OH is 1. The molecule has 0 radical (unpaired) electrons. The Bertz CT molecular complexity index is 754. The van der Waals surface area contributed by atoms with Crippen LogP contribution in [0.3, 0.4) is 0 Å². The Hall–Kier alpha value is -2.55. The van der Waals surface area contributed by atoms with Crippen molar-refractivity contribution >= 4 is 18.0 Å². The number of carbonyl (C=O) groups excluding carboxylic acids is 2. The van der Waals surface area contributed by atoms with Crippen molar-refractivity contribution < 1.29 is 14.7 Å². The average molecular weight is 374 g/mol. The monoisotopic (exact) mass is 374 g/mol. The van der Waals surface area contributed by atoms with Crippen LogP contribution in [0.25, 0.3) is 0 Å². The lowest BCUT2D eigenvalue weighted by atomic mass is 9.95. The van der Waals surface area contributed by atoms with Crippen molar-refractivity contribution in [3.63, 3.8) is 0 Å². The lowest BCUT2D eigenvalue weighted by molar-refractivity contribution is -0.133. The largest absolute Gasteiger partial charge is 0.493 e. The average Bonchev–Trinajstić information content (AvgIpc) is 3.08. The molecule has 146 valence electrons. The molecule has 0 aromatic carbocycles. The lowest BCUT2D eigenvalue weighted by Gasteiger charge is -2.38. The maximum absolute atomic E-state index is 13.1. The number of rotatable bonds is 4. The highest BCUT2D eigenvalue weighted by atomic mass is 16.3. The van der Waals surface area contributed by atoms with Gasteiger partial charge < -0.3 is 15.8 Å². The van der Waals surface area contributed by atoms with Gasteiger partial charge in [0, 0.05) is 25.2 Å². The van der Waals surface area contributed by atoms with Crippen molar-refractivity contribution in [2.45, 2.75) is 58.2 Å². The second kappa shape index (κ2) is 6.26. The Morgan fingerprint density at radius 2 is 2.15 bits per heavy atom. The summed E-state index contributed by atoms with van der Waals surface area (Å²) in [6.45, 7) is 6.50. The van der Waals surface area contributed by atoms with E-state index in [0.717, 1.165) is 19.3 Å². The first-order valence-corrected chi connectivity index (χ1v) is 9.36. The Balaban J connectivity index is 1.67. The minimum atomic E-state index is -0.523. The van der Waals surface area contributed by atoms with E-state index in [1.54, 1.807) is 11.1 Å². The Labute approximate surface area is 158 Å². The summed E-state index contributed by atoms with van der Waals surface area (Å²) in [5.41, 5.74) is 5.82. The topological polar surface area (TPSA) is 109 Å². The summed E-state index contributed by atoms with van der Waals surface area (Å²) in [6, 6.07) is -0.0466. The van der Waals surface area contributed by atoms with Gasteiger partial charge in [0.25, 0.3) is 11.8 Å². The standard InChI is InChI=1S/C18H26N6O3/c1-18(2,3)9-23-13-8-12(11-6-7-19-21-11)22-24(13)17(27)14(16(23)26)15(25)20-10-4-5-10/h7-8,10-12,21-22,27H,4-6,9H2,1-3H3,(H,20,25). The smallest absolute Gasteiger partial charge is 0.270 e. The summed E-state index contributed by atoms with van der Waals surface area (Å²) in [5, 5.41) is 19.0. The molecule has 1 aliphatic carbocycles. The van der Waals surface area contributed by atoms with Crippen molar-refractivity contribution in [2.24, 2.45) is 10.5 Å². The minimum absolute atomic E-state index is 0.0197. The van der Waals surface area contributed by atoms with Crippen LogP contribution in [0.5, 0.6) is 0 Å². The van der Waals surface area contributed by atoms with Gasteiger partial charge in [-0.15, -0.1) is 0 Å². The molecule has 0 spiro atoms. The van der Waals surface area contributed by atoms with E-state index in [4.69, 9.17) is 0 Å². The van der Waals surface area contributed by atoms with Gasteiger partial charge in [0.2, 0.25) is 5.88 Å². The summed E-state index contributed by atoms with van der Waals surface area (Å²) >= 11 is 0. The fourth-order valence-electron chi connectivity index (χ4n) is 3.43. The predicted octanol–water partition coefficient (Wildman–Crippen LogP) is 0.301. The number of hydrazine groups is 1. The molecule has 0 bridgehead atoms. The summed E-state index contributed by atoms with van der Waals surface area (Å²) in [6.07, 6.45) is 6.25. The molecule has 3 aliphatic heterocycles. The molecule has 9 heteroatoms. The highest BCUT2D eigenvalue weighted by Crippen LogP contribution is 2.33. The second-order valence-electron chi connectivity index (χ2n) is 8.70. The van der Waals surface area contributed by atoms with Crippen LogP contribution in [-0.4, -0.2) is 57.7 Å². The van der Waals surface area contributed by atoms with Crippen molar-refractivity contribution in [1.29, 1.82) is 0 Å². The van der Waals surface area contributed by atoms with Crippen LogP contribution in [0.4, 0.5) is 0 Å². The van der Waals surface area contributed by atoms with Gasteiger partial charge in [-0.1, -0.05) is 20.8 Å². The third kappa shape index (κ3) is 3.39. The van der Waals surface area contributed by atoms with Crippen LogP contribution in [0.1, 0.15) is 40.0 Å². The third-order valence-corrected chi connectivity index (χ3v) is 4.90. The zero-order chi connectivity index (χ0) is 19.3. The molecule has 2 atom stereocenters. The number of nitrogens with one attached hydrogen (secondary N) is 3. The Morgan fingerprint density at radius 1 is 1.41 bits per heavy atom. The van der Waals surface area contributed by atoms with Gasteiger partial charge in [0.1, 0.15) is 5.82 Å². The van der Waals surface area contributed by atoms with Crippen LogP contribution in [0.2, 0.25) is 0 Å². The molecule has 9 nitrogen and oxygen atoms in total. The van der Waals surface area contributed by atoms with E-state index < -0.39 is 11.8 Å². The second-order valence-corrected chi connectivity index (χ2v) is 8.70. The van der Waals surface area contributed by atoms with Gasteiger partial charge in [-0.25, -0.2) is 10.4 Å². The quantitative estimate of drug-likeness (QED) is 0.527. The maximum atomic E-state index is 13.1. The van der Waals surface area contributed by atoms with Crippen LogP contribution < -0.4 is 16.2 Å². The molecule has 0 aromatic rings. The molecule has 1 fully saturated rings. The molecule has 3 heterocycles. The zero-order valence-corrected chi connectivity index (χ0v) is 15.8. The number of hydrazone groups is 1. The highest BCUT2D eigenvalue weighted by molar-refractivity contribution is 6.19. The molecular formula is C18H26N6O3. The molecule has 4 aliphatic rings. The van der Waals surface area contributed by atoms with E-state index in [9.17, 15) is 14.7 Å². The van der Waals surface area contributed by atoms with E-state index in [0.29, 0.717) is 12.4 Å². The zero-order valence-electron chi connectivity index (χ0n) is 15.8. The summed E-state index contributed by atoms with van der Waals surface area (Å²) in [5.74, 6) is -0.795. The molecule has 2 unspecified atom stereocenters. The first-order chi connectivity index (χ1) is 12.7. The van der Waals surface area contributed by atoms with E-state index in [2.05, 4.69) is 21.3 Å². The van der Waals surface area contributed by atoms with Gasteiger partial charge in [0.05, 0.1) is 12.1 Å². The van der Waals surface area contributed by atoms with E-state index in [-0.39, 0.29) is 35.0 Å². The third-order valence-electron chi connectivity index (χ3n) is 4.90. The van der Waals surface area contributed by atoms with E-state index in [1.807, 2.05) is 26.8 Å². The van der Waals surface area contributed by atoms with Gasteiger partial charge in [-0.2, -0.15) is 5.10 Å². The number of carbonyl (C=O) groups is 2. The molecule has 27 heavy (non-hydrogen) atoms. The Kier molecular flexibility index (Phi) is 4.14. The number of amides is 2. The van der Waals surface area contributed by atoms with Crippen LogP contribution in [0.15, 0.2) is 28.5 Å². The molecular weight excluding hydrogens is 348 g/mol. The van der Waals surface area contributed by atoms with Crippen LogP contribution in [-0.2, 0) is 9.59 Å². The fraction of sp³-hybridized carbons (Fsp3) is 0.611. The summed E-state index contributed by atoms with van der Waals surface area (Å²) in [4.78, 5) is 27.3. The highest BCUT2D eigenvalue weighted by Gasteiger charge is 2.46. The number of nitrogens with zero attached hydrogens (tertiary/aromatic N) is 3. The molecule has 0 aromatic heterocycles. The van der Waals surface area contributed by atoms with E-state index in [1.165, 1.54) is 5.01 Å². The maximum Gasteiger partial charge on any atom is 0.270 e. The molecule has 4 rings (SSSR count). The van der Waals surface area contributed by atoms with Gasteiger partial charge in [-0.3, -0.25) is 14.5 Å². The molecule has 2 amide bonds. The van der Waals surface area contributed by atoms with Crippen LogP contribution >= 0.6 is 0 Å². The summed E-state index contributed by atoms with van der Waals surface area (Å²) < 4.78 is 0. The number of fused-ring (bicyclic) bond motifs is 1. The lowest BCUT2D eigenvalue weighted by Crippen LogP contribution is -2.53. The van der Waals surface area contributed by atoms with Crippen LogP contribution in [0, 0.1) is 5.41 Å². The molecule has 4 N–H and O–H groups in total. The van der Waals surface area contributed by atoms with Crippen molar-refractivity contribution in [3.8, 4) is 0 Å². The summed E-state index contributed by atoms with van der Waals surface area (Å²) in [7, 11) is 0.